The summed E-state index contributed by atoms with van der Waals surface area (Å²) >= 11 is 5.83. The molecule has 0 saturated heterocycles. The standard InChI is InChI=1S/C16H20ClNO3S2/c1-10(19)9-14(15(20)21)16(3,4)23-22-11(2)18-13-7-5-12(17)6-8-13/h5-8,14,18H,2,9H2,1,3-4H3,(H,20,21). The topological polar surface area (TPSA) is 66.4 Å². The van der Waals surface area contributed by atoms with E-state index in [0.29, 0.717) is 10.1 Å². The van der Waals surface area contributed by atoms with E-state index < -0.39 is 16.6 Å². The molecule has 0 aliphatic rings. The summed E-state index contributed by atoms with van der Waals surface area (Å²) in [6.07, 6.45) is 0.0208. The summed E-state index contributed by atoms with van der Waals surface area (Å²) in [6.45, 7) is 8.97. The molecule has 4 nitrogen and oxygen atoms in total. The third-order valence-electron chi connectivity index (χ3n) is 3.11. The van der Waals surface area contributed by atoms with Crippen LogP contribution in [0.2, 0.25) is 5.02 Å². The van der Waals surface area contributed by atoms with Crippen molar-refractivity contribution in [1.82, 2.24) is 0 Å². The van der Waals surface area contributed by atoms with Crippen molar-refractivity contribution in [1.29, 1.82) is 0 Å². The van der Waals surface area contributed by atoms with Crippen LogP contribution in [0.25, 0.3) is 0 Å². The highest BCUT2D eigenvalue weighted by atomic mass is 35.5. The van der Waals surface area contributed by atoms with Crippen LogP contribution in [-0.2, 0) is 9.59 Å². The molecule has 0 saturated carbocycles. The summed E-state index contributed by atoms with van der Waals surface area (Å²) in [5.41, 5.74) is 0.851. The molecule has 1 aromatic rings. The molecule has 2 N–H and O–H groups in total. The molecule has 0 aromatic heterocycles. The molecule has 1 unspecified atom stereocenters. The third kappa shape index (κ3) is 6.89. The molecule has 0 radical (unpaired) electrons. The van der Waals surface area contributed by atoms with Crippen molar-refractivity contribution in [3.05, 3.63) is 40.9 Å². The van der Waals surface area contributed by atoms with Crippen molar-refractivity contribution >= 4 is 50.6 Å². The van der Waals surface area contributed by atoms with E-state index in [-0.39, 0.29) is 12.2 Å². The molecule has 0 spiro atoms. The van der Waals surface area contributed by atoms with Gasteiger partial charge in [-0.15, -0.1) is 0 Å². The lowest BCUT2D eigenvalue weighted by Crippen LogP contribution is -2.35. The lowest BCUT2D eigenvalue weighted by molar-refractivity contribution is -0.144. The Morgan fingerprint density at radius 3 is 2.39 bits per heavy atom. The Balaban J connectivity index is 2.62. The van der Waals surface area contributed by atoms with Gasteiger partial charge in [0.2, 0.25) is 0 Å². The van der Waals surface area contributed by atoms with Gasteiger partial charge >= 0.3 is 5.97 Å². The second kappa shape index (κ2) is 8.66. The minimum atomic E-state index is -0.963. The Hall–Kier alpha value is -1.11. The maximum Gasteiger partial charge on any atom is 0.308 e. The van der Waals surface area contributed by atoms with Crippen molar-refractivity contribution in [2.24, 2.45) is 5.92 Å². The monoisotopic (exact) mass is 373 g/mol. The van der Waals surface area contributed by atoms with E-state index in [0.717, 1.165) is 5.69 Å². The molecule has 23 heavy (non-hydrogen) atoms. The number of carbonyl (C=O) groups is 2. The Kier molecular flexibility index (Phi) is 7.51. The number of halogens is 1. The zero-order valence-corrected chi connectivity index (χ0v) is 15.6. The number of benzene rings is 1. The molecule has 126 valence electrons. The first kappa shape index (κ1) is 19.9. The maximum absolute atomic E-state index is 11.4. The van der Waals surface area contributed by atoms with Crippen LogP contribution in [-0.4, -0.2) is 21.6 Å². The Bertz CT molecular complexity index is 587. The molecular weight excluding hydrogens is 354 g/mol. The number of anilines is 1. The SMILES string of the molecule is C=C(Nc1ccc(Cl)cc1)SSC(C)(C)C(CC(C)=O)C(=O)O. The van der Waals surface area contributed by atoms with Crippen LogP contribution in [0.15, 0.2) is 35.9 Å². The molecule has 0 amide bonds. The molecule has 0 heterocycles. The van der Waals surface area contributed by atoms with Crippen LogP contribution in [0.3, 0.4) is 0 Å². The highest BCUT2D eigenvalue weighted by molar-refractivity contribution is 8.78. The molecule has 0 fully saturated rings. The van der Waals surface area contributed by atoms with Gasteiger partial charge in [-0.3, -0.25) is 4.79 Å². The van der Waals surface area contributed by atoms with Crippen molar-refractivity contribution in [3.63, 3.8) is 0 Å². The van der Waals surface area contributed by atoms with E-state index in [1.165, 1.54) is 28.5 Å². The quantitative estimate of drug-likeness (QED) is 0.589. The van der Waals surface area contributed by atoms with Gasteiger partial charge in [0.15, 0.2) is 0 Å². The second-order valence-corrected chi connectivity index (χ2v) is 8.94. The number of aliphatic carboxylic acids is 1. The average molecular weight is 374 g/mol. The summed E-state index contributed by atoms with van der Waals surface area (Å²) < 4.78 is -0.618. The first-order valence-electron chi connectivity index (χ1n) is 6.91. The third-order valence-corrected chi connectivity index (χ3v) is 6.61. The predicted molar refractivity (Wildman–Crippen MR) is 99.9 cm³/mol. The van der Waals surface area contributed by atoms with Crippen LogP contribution in [0.5, 0.6) is 0 Å². The van der Waals surface area contributed by atoms with E-state index in [4.69, 9.17) is 11.6 Å². The van der Waals surface area contributed by atoms with Crippen LogP contribution in [0.1, 0.15) is 27.2 Å². The fraction of sp³-hybridized carbons (Fsp3) is 0.375. The van der Waals surface area contributed by atoms with Crippen LogP contribution in [0, 0.1) is 5.92 Å². The van der Waals surface area contributed by atoms with Crippen LogP contribution < -0.4 is 5.32 Å². The number of hydrogen-bond donors (Lipinski definition) is 2. The van der Waals surface area contributed by atoms with E-state index in [9.17, 15) is 14.7 Å². The predicted octanol–water partition coefficient (Wildman–Crippen LogP) is 5.06. The molecule has 0 aliphatic heterocycles. The summed E-state index contributed by atoms with van der Waals surface area (Å²) in [5.74, 6) is -1.84. The van der Waals surface area contributed by atoms with Gasteiger partial charge in [-0.05, 0) is 55.8 Å². The number of hydrogen-bond acceptors (Lipinski definition) is 5. The first-order chi connectivity index (χ1) is 10.6. The van der Waals surface area contributed by atoms with Crippen molar-refractivity contribution in [2.75, 3.05) is 5.32 Å². The van der Waals surface area contributed by atoms with Crippen molar-refractivity contribution in [3.8, 4) is 0 Å². The first-order valence-corrected chi connectivity index (χ1v) is 9.44. The Morgan fingerprint density at radius 2 is 1.91 bits per heavy atom. The van der Waals surface area contributed by atoms with E-state index in [1.807, 2.05) is 26.0 Å². The number of carboxylic acids is 1. The Labute approximate surface area is 149 Å². The van der Waals surface area contributed by atoms with E-state index in [2.05, 4.69) is 11.9 Å². The number of ketones is 1. The minimum absolute atomic E-state index is 0.0208. The molecule has 1 atom stereocenters. The molecule has 1 aromatic carbocycles. The highest BCUT2D eigenvalue weighted by Gasteiger charge is 2.37. The lowest BCUT2D eigenvalue weighted by atomic mass is 9.90. The van der Waals surface area contributed by atoms with Crippen molar-refractivity contribution in [2.45, 2.75) is 31.9 Å². The van der Waals surface area contributed by atoms with Gasteiger partial charge in [-0.1, -0.05) is 29.0 Å². The number of carbonyl (C=O) groups excluding carboxylic acids is 1. The number of carboxylic acid groups (broad SMARTS) is 1. The summed E-state index contributed by atoms with van der Waals surface area (Å²) in [7, 11) is 2.74. The lowest BCUT2D eigenvalue weighted by Gasteiger charge is -2.29. The number of Topliss-reactive ketones (excluding diaryl/α,β-unsaturated/α-hetero) is 1. The van der Waals surface area contributed by atoms with Gasteiger partial charge in [0.25, 0.3) is 0 Å². The van der Waals surface area contributed by atoms with Gasteiger partial charge in [0.05, 0.1) is 10.9 Å². The van der Waals surface area contributed by atoms with Gasteiger partial charge in [-0.25, -0.2) is 0 Å². The van der Waals surface area contributed by atoms with Gasteiger partial charge in [0, 0.05) is 21.9 Å². The smallest absolute Gasteiger partial charge is 0.308 e. The number of nitrogens with one attached hydrogen (secondary N) is 1. The fourth-order valence-electron chi connectivity index (χ4n) is 1.85. The van der Waals surface area contributed by atoms with Crippen LogP contribution >= 0.6 is 33.2 Å². The van der Waals surface area contributed by atoms with Crippen LogP contribution in [0.4, 0.5) is 5.69 Å². The second-order valence-electron chi connectivity index (χ2n) is 5.62. The fourth-order valence-corrected chi connectivity index (χ4v) is 4.17. The Morgan fingerprint density at radius 1 is 1.35 bits per heavy atom. The molecule has 0 aliphatic carbocycles. The molecular formula is C16H20ClNO3S2. The molecule has 0 bridgehead atoms. The van der Waals surface area contributed by atoms with E-state index in [1.54, 1.807) is 12.1 Å². The minimum Gasteiger partial charge on any atom is -0.481 e. The number of rotatable bonds is 9. The molecule has 7 heteroatoms. The van der Waals surface area contributed by atoms with Gasteiger partial charge < -0.3 is 15.2 Å². The van der Waals surface area contributed by atoms with Gasteiger partial charge in [-0.2, -0.15) is 0 Å². The maximum atomic E-state index is 11.4. The molecule has 1 rings (SSSR count). The highest BCUT2D eigenvalue weighted by Crippen LogP contribution is 2.45. The van der Waals surface area contributed by atoms with Gasteiger partial charge in [0.1, 0.15) is 5.78 Å². The average Bonchev–Trinajstić information content (AvgIpc) is 2.45. The van der Waals surface area contributed by atoms with Crippen molar-refractivity contribution < 1.29 is 14.7 Å². The zero-order valence-electron chi connectivity index (χ0n) is 13.3. The zero-order chi connectivity index (χ0) is 17.6. The summed E-state index contributed by atoms with van der Waals surface area (Å²) in [5, 5.41) is 13.8. The largest absolute Gasteiger partial charge is 0.481 e. The summed E-state index contributed by atoms with van der Waals surface area (Å²) in [4.78, 5) is 22.7. The normalized spacial score (nSPS) is 12.5. The summed E-state index contributed by atoms with van der Waals surface area (Å²) in [6, 6.07) is 7.21. The van der Waals surface area contributed by atoms with E-state index >= 15 is 0 Å².